The van der Waals surface area contributed by atoms with Crippen molar-refractivity contribution in [2.75, 3.05) is 5.32 Å². The van der Waals surface area contributed by atoms with Gasteiger partial charge in [0.25, 0.3) is 0 Å². The van der Waals surface area contributed by atoms with Crippen molar-refractivity contribution in [3.63, 3.8) is 0 Å². The van der Waals surface area contributed by atoms with E-state index >= 15 is 0 Å². The maximum absolute atomic E-state index is 13.3. The second kappa shape index (κ2) is 5.48. The van der Waals surface area contributed by atoms with Gasteiger partial charge < -0.3 is 16.0 Å². The van der Waals surface area contributed by atoms with Crippen molar-refractivity contribution in [1.82, 2.24) is 4.90 Å². The first-order valence-electron chi connectivity index (χ1n) is 6.59. The lowest BCUT2D eigenvalue weighted by molar-refractivity contribution is -0.121. The Bertz CT molecular complexity index is 547. The van der Waals surface area contributed by atoms with Crippen molar-refractivity contribution >= 4 is 17.6 Å². The second-order valence-corrected chi connectivity index (χ2v) is 5.09. The average molecular weight is 279 g/mol. The van der Waals surface area contributed by atoms with E-state index in [2.05, 4.69) is 5.32 Å². The number of hydrogen-bond acceptors (Lipinski definition) is 2. The van der Waals surface area contributed by atoms with E-state index in [0.717, 1.165) is 6.42 Å². The van der Waals surface area contributed by atoms with Crippen molar-refractivity contribution in [3.05, 3.63) is 29.6 Å². The van der Waals surface area contributed by atoms with Crippen molar-refractivity contribution in [2.45, 2.75) is 32.9 Å². The summed E-state index contributed by atoms with van der Waals surface area (Å²) in [6.45, 7) is 3.95. The monoisotopic (exact) mass is 279 g/mol. The number of nitrogens with two attached hydrogens (primary N) is 1. The molecule has 1 aromatic carbocycles. The number of carbonyl (C=O) groups is 2. The zero-order valence-corrected chi connectivity index (χ0v) is 11.5. The molecule has 0 radical (unpaired) electrons. The van der Waals surface area contributed by atoms with Gasteiger partial charge in [-0.2, -0.15) is 0 Å². The van der Waals surface area contributed by atoms with Crippen LogP contribution in [0.2, 0.25) is 0 Å². The third kappa shape index (κ3) is 2.59. The normalized spacial score (nSPS) is 19.9. The van der Waals surface area contributed by atoms with Crippen LogP contribution >= 0.6 is 0 Å². The zero-order valence-electron chi connectivity index (χ0n) is 11.5. The Hall–Kier alpha value is -2.11. The Labute approximate surface area is 116 Å². The van der Waals surface area contributed by atoms with Gasteiger partial charge in [0.15, 0.2) is 0 Å². The van der Waals surface area contributed by atoms with Crippen molar-refractivity contribution in [2.24, 2.45) is 11.7 Å². The Kier molecular flexibility index (Phi) is 3.92. The van der Waals surface area contributed by atoms with Gasteiger partial charge in [0.1, 0.15) is 11.9 Å². The fourth-order valence-electron chi connectivity index (χ4n) is 2.45. The number of nitrogens with one attached hydrogen (secondary N) is 1. The summed E-state index contributed by atoms with van der Waals surface area (Å²) in [7, 11) is 0. The first-order chi connectivity index (χ1) is 9.43. The minimum atomic E-state index is -0.678. The molecular weight excluding hydrogens is 261 g/mol. The molecular formula is C14H18FN3O2. The second-order valence-electron chi connectivity index (χ2n) is 5.09. The Morgan fingerprint density at radius 2 is 2.30 bits per heavy atom. The van der Waals surface area contributed by atoms with E-state index in [4.69, 9.17) is 5.73 Å². The van der Waals surface area contributed by atoms with Crippen LogP contribution in [0, 0.1) is 11.7 Å². The van der Waals surface area contributed by atoms with Crippen molar-refractivity contribution in [1.29, 1.82) is 0 Å². The van der Waals surface area contributed by atoms with Crippen LogP contribution in [0.1, 0.15) is 25.8 Å². The average Bonchev–Trinajstić information content (AvgIpc) is 2.53. The van der Waals surface area contributed by atoms with Gasteiger partial charge in [0.2, 0.25) is 5.91 Å². The Morgan fingerprint density at radius 3 is 2.90 bits per heavy atom. The molecule has 0 aromatic heterocycles. The highest BCUT2D eigenvalue weighted by Gasteiger charge is 2.35. The highest BCUT2D eigenvalue weighted by atomic mass is 19.1. The molecule has 1 aliphatic rings. The van der Waals surface area contributed by atoms with Crippen molar-refractivity contribution in [3.8, 4) is 0 Å². The van der Waals surface area contributed by atoms with Crippen LogP contribution in [0.25, 0.3) is 0 Å². The van der Waals surface area contributed by atoms with E-state index in [1.54, 1.807) is 0 Å². The van der Waals surface area contributed by atoms with Crippen LogP contribution in [-0.4, -0.2) is 22.9 Å². The number of amides is 3. The van der Waals surface area contributed by atoms with E-state index in [9.17, 15) is 14.0 Å². The lowest BCUT2D eigenvalue weighted by Crippen LogP contribution is -2.50. The molecule has 0 aliphatic carbocycles. The van der Waals surface area contributed by atoms with Crippen LogP contribution in [0.3, 0.4) is 0 Å². The molecule has 0 fully saturated rings. The summed E-state index contributed by atoms with van der Waals surface area (Å²) < 4.78 is 13.3. The fourth-order valence-corrected chi connectivity index (χ4v) is 2.45. The van der Waals surface area contributed by atoms with Crippen LogP contribution in [0.15, 0.2) is 18.2 Å². The topological polar surface area (TPSA) is 75.4 Å². The number of fused-ring (bicyclic) bond motifs is 1. The lowest BCUT2D eigenvalue weighted by atomic mass is 9.97. The van der Waals surface area contributed by atoms with E-state index in [1.807, 2.05) is 13.8 Å². The summed E-state index contributed by atoms with van der Waals surface area (Å²) in [4.78, 5) is 25.3. The minimum absolute atomic E-state index is 0.0401. The molecule has 20 heavy (non-hydrogen) atoms. The molecule has 1 aromatic rings. The first-order valence-corrected chi connectivity index (χ1v) is 6.59. The molecule has 108 valence electrons. The zero-order chi connectivity index (χ0) is 14.9. The fraction of sp³-hybridized carbons (Fsp3) is 0.429. The molecule has 0 saturated heterocycles. The van der Waals surface area contributed by atoms with Crippen LogP contribution < -0.4 is 11.1 Å². The predicted molar refractivity (Wildman–Crippen MR) is 73.4 cm³/mol. The van der Waals surface area contributed by atoms with Crippen LogP contribution in [-0.2, 0) is 11.3 Å². The third-order valence-corrected chi connectivity index (χ3v) is 3.74. The highest BCUT2D eigenvalue weighted by molar-refractivity contribution is 5.98. The number of halogens is 1. The summed E-state index contributed by atoms with van der Waals surface area (Å²) in [5, 5.41) is 2.74. The Balaban J connectivity index is 2.45. The summed E-state index contributed by atoms with van der Waals surface area (Å²) in [5.74, 6) is -0.741. The number of anilines is 1. The standard InChI is InChI=1S/C14H18FN3O2/c1-3-8(2)12-13(19)17-11-5-4-10(15)6-9(11)7-18(12)14(16)20/h4-6,8,12H,3,7H2,1-2H3,(H2,16,20)(H,17,19)/t8-,12?/m0/s1. The van der Waals surface area contributed by atoms with Gasteiger partial charge in [0.05, 0.1) is 6.54 Å². The molecule has 6 heteroatoms. The predicted octanol–water partition coefficient (Wildman–Crippen LogP) is 2.07. The molecule has 2 rings (SSSR count). The smallest absolute Gasteiger partial charge is 0.315 e. The molecule has 0 spiro atoms. The van der Waals surface area contributed by atoms with Crippen LogP contribution in [0.5, 0.6) is 0 Å². The third-order valence-electron chi connectivity index (χ3n) is 3.74. The molecule has 1 heterocycles. The molecule has 2 atom stereocenters. The van der Waals surface area contributed by atoms with Crippen LogP contribution in [0.4, 0.5) is 14.9 Å². The van der Waals surface area contributed by atoms with E-state index in [-0.39, 0.29) is 18.4 Å². The summed E-state index contributed by atoms with van der Waals surface area (Å²) in [6, 6.07) is 2.76. The molecule has 5 nitrogen and oxygen atoms in total. The summed E-state index contributed by atoms with van der Waals surface area (Å²) in [5.41, 5.74) is 6.46. The first kappa shape index (κ1) is 14.3. The number of urea groups is 1. The SMILES string of the molecule is CC[C@H](C)C1C(=O)Nc2ccc(F)cc2CN1C(N)=O. The molecule has 0 saturated carbocycles. The maximum Gasteiger partial charge on any atom is 0.315 e. The highest BCUT2D eigenvalue weighted by Crippen LogP contribution is 2.27. The van der Waals surface area contributed by atoms with Gasteiger partial charge in [-0.15, -0.1) is 0 Å². The van der Waals surface area contributed by atoms with Crippen molar-refractivity contribution < 1.29 is 14.0 Å². The quantitative estimate of drug-likeness (QED) is 0.869. The number of nitrogens with zero attached hydrogens (tertiary/aromatic N) is 1. The number of carbonyl (C=O) groups excluding carboxylic acids is 2. The largest absolute Gasteiger partial charge is 0.351 e. The number of hydrogen-bond donors (Lipinski definition) is 2. The molecule has 1 aliphatic heterocycles. The molecule has 3 N–H and O–H groups in total. The van der Waals surface area contributed by atoms with Gasteiger partial charge in [-0.25, -0.2) is 9.18 Å². The van der Waals surface area contributed by atoms with Gasteiger partial charge in [0, 0.05) is 5.69 Å². The van der Waals surface area contributed by atoms with E-state index in [1.165, 1.54) is 23.1 Å². The van der Waals surface area contributed by atoms with Gasteiger partial charge in [-0.3, -0.25) is 4.79 Å². The number of primary amides is 1. The lowest BCUT2D eigenvalue weighted by Gasteiger charge is -2.30. The number of rotatable bonds is 2. The van der Waals surface area contributed by atoms with Gasteiger partial charge >= 0.3 is 6.03 Å². The maximum atomic E-state index is 13.3. The van der Waals surface area contributed by atoms with Gasteiger partial charge in [-0.1, -0.05) is 20.3 Å². The van der Waals surface area contributed by atoms with E-state index < -0.39 is 17.9 Å². The minimum Gasteiger partial charge on any atom is -0.351 e. The summed E-state index contributed by atoms with van der Waals surface area (Å²) >= 11 is 0. The number of benzene rings is 1. The molecule has 1 unspecified atom stereocenters. The van der Waals surface area contributed by atoms with Gasteiger partial charge in [-0.05, 0) is 29.7 Å². The van der Waals surface area contributed by atoms with E-state index in [0.29, 0.717) is 11.3 Å². The Morgan fingerprint density at radius 1 is 1.60 bits per heavy atom. The molecule has 0 bridgehead atoms. The summed E-state index contributed by atoms with van der Waals surface area (Å²) in [6.07, 6.45) is 0.729. The molecule has 3 amide bonds.